The second-order valence-electron chi connectivity index (χ2n) is 3.81. The minimum atomic E-state index is -0.127. The monoisotopic (exact) mass is 185 g/mol. The van der Waals surface area contributed by atoms with Gasteiger partial charge in [0.1, 0.15) is 0 Å². The molecule has 0 N–H and O–H groups in total. The third-order valence-corrected chi connectivity index (χ3v) is 2.41. The molecule has 0 spiro atoms. The Labute approximate surface area is 80.1 Å². The number of nitrogens with zero attached hydrogens (tertiary/aromatic N) is 1. The summed E-state index contributed by atoms with van der Waals surface area (Å²) < 4.78 is 5.10. The fraction of sp³-hybridized carbons (Fsp3) is 0.900. The molecule has 1 atom stereocenters. The number of hydrogen-bond donors (Lipinski definition) is 0. The molecule has 0 aromatic carbocycles. The van der Waals surface area contributed by atoms with Crippen molar-refractivity contribution in [2.24, 2.45) is 5.92 Å². The molecule has 0 saturated carbocycles. The van der Waals surface area contributed by atoms with Gasteiger partial charge in [0.25, 0.3) is 0 Å². The van der Waals surface area contributed by atoms with Crippen LogP contribution in [0, 0.1) is 5.92 Å². The number of unbranched alkanes of at least 4 members (excludes halogenated alkanes) is 1. The predicted octanol–water partition coefficient (Wildman–Crippen LogP) is 2.26. The van der Waals surface area contributed by atoms with E-state index in [1.807, 2.05) is 0 Å². The summed E-state index contributed by atoms with van der Waals surface area (Å²) >= 11 is 0. The second-order valence-corrected chi connectivity index (χ2v) is 3.81. The van der Waals surface area contributed by atoms with Gasteiger partial charge in [0.15, 0.2) is 0 Å². The molecule has 0 bridgehead atoms. The van der Waals surface area contributed by atoms with E-state index in [1.54, 1.807) is 4.90 Å². The number of hydrogen-bond acceptors (Lipinski definition) is 2. The first kappa shape index (κ1) is 10.4. The lowest BCUT2D eigenvalue weighted by Crippen LogP contribution is -2.29. The molecule has 13 heavy (non-hydrogen) atoms. The van der Waals surface area contributed by atoms with Crippen LogP contribution in [0.15, 0.2) is 0 Å². The molecular weight excluding hydrogens is 166 g/mol. The Morgan fingerprint density at radius 3 is 2.92 bits per heavy atom. The molecular formula is C10H19NO2. The molecule has 0 aliphatic carbocycles. The molecule has 0 radical (unpaired) electrons. The van der Waals surface area contributed by atoms with Gasteiger partial charge >= 0.3 is 6.09 Å². The zero-order valence-corrected chi connectivity index (χ0v) is 8.58. The molecule has 1 rings (SSSR count). The SMILES string of the molecule is CCCCOC(=O)N1CCC(C)C1. The highest BCUT2D eigenvalue weighted by Crippen LogP contribution is 2.15. The minimum Gasteiger partial charge on any atom is -0.449 e. The normalized spacial score (nSPS) is 22.0. The van der Waals surface area contributed by atoms with E-state index >= 15 is 0 Å². The van der Waals surface area contributed by atoms with E-state index in [0.717, 1.165) is 32.4 Å². The van der Waals surface area contributed by atoms with Crippen molar-refractivity contribution in [2.45, 2.75) is 33.1 Å². The van der Waals surface area contributed by atoms with Gasteiger partial charge in [-0.3, -0.25) is 0 Å². The van der Waals surface area contributed by atoms with Crippen molar-refractivity contribution in [1.29, 1.82) is 0 Å². The maximum Gasteiger partial charge on any atom is 0.409 e. The fourth-order valence-electron chi connectivity index (χ4n) is 1.50. The molecule has 76 valence electrons. The first-order valence-electron chi connectivity index (χ1n) is 5.15. The van der Waals surface area contributed by atoms with Crippen LogP contribution in [0.5, 0.6) is 0 Å². The van der Waals surface area contributed by atoms with Crippen molar-refractivity contribution in [3.05, 3.63) is 0 Å². The number of amides is 1. The summed E-state index contributed by atoms with van der Waals surface area (Å²) in [4.78, 5) is 13.2. The summed E-state index contributed by atoms with van der Waals surface area (Å²) in [5, 5.41) is 0. The highest BCUT2D eigenvalue weighted by atomic mass is 16.6. The van der Waals surface area contributed by atoms with Crippen LogP contribution in [-0.2, 0) is 4.74 Å². The second kappa shape index (κ2) is 5.10. The number of carbonyl (C=O) groups is 1. The Balaban J connectivity index is 2.16. The summed E-state index contributed by atoms with van der Waals surface area (Å²) in [6, 6.07) is 0. The first-order valence-corrected chi connectivity index (χ1v) is 5.15. The van der Waals surface area contributed by atoms with E-state index in [2.05, 4.69) is 13.8 Å². The van der Waals surface area contributed by atoms with Crippen LogP contribution < -0.4 is 0 Å². The average Bonchev–Trinajstić information content (AvgIpc) is 2.52. The molecule has 0 aromatic heterocycles. The van der Waals surface area contributed by atoms with Crippen LogP contribution in [0.1, 0.15) is 33.1 Å². The maximum absolute atomic E-state index is 11.4. The number of ether oxygens (including phenoxy) is 1. The van der Waals surface area contributed by atoms with Gasteiger partial charge in [-0.05, 0) is 18.8 Å². The van der Waals surface area contributed by atoms with Crippen molar-refractivity contribution in [3.63, 3.8) is 0 Å². The summed E-state index contributed by atoms with van der Waals surface area (Å²) in [6.45, 7) is 6.56. The lowest BCUT2D eigenvalue weighted by atomic mass is 10.2. The van der Waals surface area contributed by atoms with E-state index < -0.39 is 0 Å². The number of rotatable bonds is 3. The van der Waals surface area contributed by atoms with Crippen LogP contribution >= 0.6 is 0 Å². The lowest BCUT2D eigenvalue weighted by molar-refractivity contribution is 0.108. The van der Waals surface area contributed by atoms with Crippen molar-refractivity contribution in [2.75, 3.05) is 19.7 Å². The van der Waals surface area contributed by atoms with Gasteiger partial charge in [0.05, 0.1) is 6.61 Å². The van der Waals surface area contributed by atoms with Crippen LogP contribution in [0.4, 0.5) is 4.79 Å². The fourth-order valence-corrected chi connectivity index (χ4v) is 1.50. The van der Waals surface area contributed by atoms with Crippen LogP contribution in [0.2, 0.25) is 0 Å². The van der Waals surface area contributed by atoms with Gasteiger partial charge in [-0.25, -0.2) is 4.79 Å². The van der Waals surface area contributed by atoms with Crippen molar-refractivity contribution in [1.82, 2.24) is 4.90 Å². The Morgan fingerprint density at radius 2 is 2.38 bits per heavy atom. The van der Waals surface area contributed by atoms with E-state index in [4.69, 9.17) is 4.74 Å². The Kier molecular flexibility index (Phi) is 4.06. The standard InChI is InChI=1S/C10H19NO2/c1-3-4-7-13-10(12)11-6-5-9(2)8-11/h9H,3-8H2,1-2H3. The molecule has 1 saturated heterocycles. The number of likely N-dealkylation sites (tertiary alicyclic amines) is 1. The summed E-state index contributed by atoms with van der Waals surface area (Å²) in [7, 11) is 0. The summed E-state index contributed by atoms with van der Waals surface area (Å²) in [5.74, 6) is 0.638. The maximum atomic E-state index is 11.4. The highest BCUT2D eigenvalue weighted by molar-refractivity contribution is 5.67. The number of carbonyl (C=O) groups excluding carboxylic acids is 1. The average molecular weight is 185 g/mol. The van der Waals surface area contributed by atoms with Crippen LogP contribution in [0.3, 0.4) is 0 Å². The van der Waals surface area contributed by atoms with E-state index in [-0.39, 0.29) is 6.09 Å². The Morgan fingerprint density at radius 1 is 1.62 bits per heavy atom. The molecule has 3 heteroatoms. The lowest BCUT2D eigenvalue weighted by Gasteiger charge is -2.15. The molecule has 0 aromatic rings. The Bertz CT molecular complexity index is 170. The highest BCUT2D eigenvalue weighted by Gasteiger charge is 2.23. The third kappa shape index (κ3) is 3.25. The largest absolute Gasteiger partial charge is 0.449 e. The first-order chi connectivity index (χ1) is 6.24. The molecule has 1 fully saturated rings. The molecule has 1 unspecified atom stereocenters. The molecule has 3 nitrogen and oxygen atoms in total. The van der Waals surface area contributed by atoms with Gasteiger partial charge in [-0.2, -0.15) is 0 Å². The van der Waals surface area contributed by atoms with Crippen molar-refractivity contribution in [3.8, 4) is 0 Å². The summed E-state index contributed by atoms with van der Waals surface area (Å²) in [5.41, 5.74) is 0. The molecule has 1 heterocycles. The van der Waals surface area contributed by atoms with Gasteiger partial charge in [0.2, 0.25) is 0 Å². The summed E-state index contributed by atoms with van der Waals surface area (Å²) in [6.07, 6.45) is 3.03. The third-order valence-electron chi connectivity index (χ3n) is 2.41. The van der Waals surface area contributed by atoms with E-state index in [1.165, 1.54) is 0 Å². The van der Waals surface area contributed by atoms with Crippen molar-refractivity contribution < 1.29 is 9.53 Å². The molecule has 1 amide bonds. The van der Waals surface area contributed by atoms with Gasteiger partial charge in [-0.1, -0.05) is 20.3 Å². The van der Waals surface area contributed by atoms with Gasteiger partial charge in [-0.15, -0.1) is 0 Å². The van der Waals surface area contributed by atoms with E-state index in [9.17, 15) is 4.79 Å². The quantitative estimate of drug-likeness (QED) is 0.631. The topological polar surface area (TPSA) is 29.5 Å². The zero-order valence-electron chi connectivity index (χ0n) is 8.58. The van der Waals surface area contributed by atoms with Crippen molar-refractivity contribution >= 4 is 6.09 Å². The predicted molar refractivity (Wildman–Crippen MR) is 51.6 cm³/mol. The van der Waals surface area contributed by atoms with E-state index in [0.29, 0.717) is 12.5 Å². The minimum absolute atomic E-state index is 0.127. The Hall–Kier alpha value is -0.730. The molecule has 1 aliphatic rings. The smallest absolute Gasteiger partial charge is 0.409 e. The van der Waals surface area contributed by atoms with Gasteiger partial charge in [0, 0.05) is 13.1 Å². The van der Waals surface area contributed by atoms with Crippen LogP contribution in [0.25, 0.3) is 0 Å². The molecule has 1 aliphatic heterocycles. The zero-order chi connectivity index (χ0) is 9.68. The van der Waals surface area contributed by atoms with Gasteiger partial charge < -0.3 is 9.64 Å². The van der Waals surface area contributed by atoms with Crippen LogP contribution in [-0.4, -0.2) is 30.7 Å².